The van der Waals surface area contributed by atoms with Crippen LogP contribution in [0.4, 0.5) is 0 Å². The molecule has 0 saturated carbocycles. The molecule has 2 rings (SSSR count). The lowest BCUT2D eigenvalue weighted by atomic mass is 9.96. The molecular formula is C42H68N8O11. The molecule has 0 aliphatic carbocycles. The van der Waals surface area contributed by atoms with Crippen molar-refractivity contribution in [1.29, 1.82) is 0 Å². The standard InChI is InChI=1S/C42H68N8O11/c1-9-25(6)36(41(59)48-35(24(4)5)42(60)61-8)49-40(58)32-16-13-17-50(32)21-33(53)28(19-27-14-11-10-12-15-27)45-38(56)30(20-34(43)54)47-37(55)29(18-23(2)3)46-39(57)31(22-51)44-26(7)52/h10-12,14-15,23-25,28-33,35-36,51,53H,9,13,16-22H2,1-8H3,(H2,43,54)(H,44,52)(H,45,56)(H,46,57)(H,47,55)(H,48,59)(H,49,58)/t25?,28?,29-,30-,31-,32-,33?,35-,36-/m0/s1. The van der Waals surface area contributed by atoms with Gasteiger partial charge in [-0.15, -0.1) is 0 Å². The number of carbonyl (C=O) groups excluding carboxylic acids is 8. The molecule has 0 radical (unpaired) electrons. The van der Waals surface area contributed by atoms with Gasteiger partial charge in [0.1, 0.15) is 30.2 Å². The molecule has 10 N–H and O–H groups in total. The summed E-state index contributed by atoms with van der Waals surface area (Å²) in [5.74, 6) is -6.32. The maximum atomic E-state index is 14.0. The Hall–Kier alpha value is -5.14. The fourth-order valence-corrected chi connectivity index (χ4v) is 7.06. The Balaban J connectivity index is 2.34. The summed E-state index contributed by atoms with van der Waals surface area (Å²) in [6.45, 7) is 11.6. The van der Waals surface area contributed by atoms with E-state index in [4.69, 9.17) is 10.5 Å². The van der Waals surface area contributed by atoms with Crippen molar-refractivity contribution in [2.24, 2.45) is 23.5 Å². The summed E-state index contributed by atoms with van der Waals surface area (Å²) in [5, 5.41) is 37.1. The van der Waals surface area contributed by atoms with E-state index in [-0.39, 0.29) is 37.1 Å². The van der Waals surface area contributed by atoms with Crippen molar-refractivity contribution < 1.29 is 53.3 Å². The monoisotopic (exact) mass is 861 g/mol. The van der Waals surface area contributed by atoms with Crippen LogP contribution in [0.2, 0.25) is 0 Å². The number of nitrogens with one attached hydrogen (secondary N) is 6. The Bertz CT molecular complexity index is 1650. The van der Waals surface area contributed by atoms with Gasteiger partial charge >= 0.3 is 5.97 Å². The van der Waals surface area contributed by atoms with E-state index < -0.39 is 109 Å². The van der Waals surface area contributed by atoms with Crippen LogP contribution in [0.3, 0.4) is 0 Å². The number of hydrogen-bond donors (Lipinski definition) is 9. The number of nitrogens with two attached hydrogens (primary N) is 1. The highest BCUT2D eigenvalue weighted by Gasteiger charge is 2.39. The normalized spacial score (nSPS) is 18.0. The van der Waals surface area contributed by atoms with E-state index in [1.165, 1.54) is 7.11 Å². The van der Waals surface area contributed by atoms with Crippen molar-refractivity contribution in [2.75, 3.05) is 26.8 Å². The number of carbonyl (C=O) groups is 8. The Labute approximate surface area is 358 Å². The van der Waals surface area contributed by atoms with Crippen LogP contribution in [0.15, 0.2) is 30.3 Å². The Morgan fingerprint density at radius 2 is 1.43 bits per heavy atom. The minimum atomic E-state index is -1.53. The summed E-state index contributed by atoms with van der Waals surface area (Å²) in [6, 6.07) is 1.20. The number of amides is 7. The van der Waals surface area contributed by atoms with Gasteiger partial charge in [0.15, 0.2) is 0 Å². The maximum absolute atomic E-state index is 14.0. The highest BCUT2D eigenvalue weighted by atomic mass is 16.5. The quantitative estimate of drug-likeness (QED) is 0.0523. The van der Waals surface area contributed by atoms with E-state index in [2.05, 4.69) is 31.9 Å². The third kappa shape index (κ3) is 17.0. The molecule has 1 aliphatic rings. The van der Waals surface area contributed by atoms with Gasteiger partial charge in [-0.25, -0.2) is 4.79 Å². The first-order chi connectivity index (χ1) is 28.7. The number of hydrogen-bond acceptors (Lipinski definition) is 12. The van der Waals surface area contributed by atoms with Crippen LogP contribution in [-0.2, 0) is 49.5 Å². The van der Waals surface area contributed by atoms with Crippen molar-refractivity contribution in [1.82, 2.24) is 36.8 Å². The number of likely N-dealkylation sites (tertiary alicyclic amines) is 1. The molecule has 3 unspecified atom stereocenters. The second-order valence-corrected chi connectivity index (χ2v) is 16.5. The van der Waals surface area contributed by atoms with Crippen LogP contribution < -0.4 is 37.6 Å². The summed E-state index contributed by atoms with van der Waals surface area (Å²) in [5.41, 5.74) is 6.24. The molecule has 1 heterocycles. The maximum Gasteiger partial charge on any atom is 0.328 e. The third-order valence-electron chi connectivity index (χ3n) is 10.6. The molecule has 1 saturated heterocycles. The highest BCUT2D eigenvalue weighted by Crippen LogP contribution is 2.21. The third-order valence-corrected chi connectivity index (χ3v) is 10.6. The van der Waals surface area contributed by atoms with Gasteiger partial charge in [-0.05, 0) is 55.5 Å². The first kappa shape index (κ1) is 52.0. The molecule has 1 aliphatic heterocycles. The number of esters is 1. The number of aliphatic hydroxyl groups is 2. The predicted molar refractivity (Wildman–Crippen MR) is 225 cm³/mol. The zero-order valence-electron chi connectivity index (χ0n) is 36.7. The van der Waals surface area contributed by atoms with E-state index in [0.29, 0.717) is 25.8 Å². The Morgan fingerprint density at radius 3 is 1.97 bits per heavy atom. The summed E-state index contributed by atoms with van der Waals surface area (Å²) in [6.07, 6.45) is -0.149. The smallest absolute Gasteiger partial charge is 0.328 e. The lowest BCUT2D eigenvalue weighted by Crippen LogP contribution is -2.60. The number of benzene rings is 1. The van der Waals surface area contributed by atoms with Crippen molar-refractivity contribution >= 4 is 47.3 Å². The summed E-state index contributed by atoms with van der Waals surface area (Å²) >= 11 is 0. The largest absolute Gasteiger partial charge is 0.467 e. The van der Waals surface area contributed by atoms with Crippen LogP contribution in [0.25, 0.3) is 0 Å². The molecule has 0 spiro atoms. The van der Waals surface area contributed by atoms with Crippen LogP contribution in [0.1, 0.15) is 86.1 Å². The SMILES string of the molecule is CCC(C)[C@H](NC(=O)[C@@H]1CCCN1CC(O)C(Cc1ccccc1)NC(=O)[C@H](CC(N)=O)NC(=O)[C@H](CC(C)C)NC(=O)[C@H](CO)NC(C)=O)C(=O)N[C@H](C(=O)OC)C(C)C. The molecule has 1 fully saturated rings. The van der Waals surface area contributed by atoms with Crippen LogP contribution >= 0.6 is 0 Å². The van der Waals surface area contributed by atoms with E-state index in [1.807, 2.05) is 13.8 Å². The van der Waals surface area contributed by atoms with E-state index in [1.54, 1.807) is 62.9 Å². The lowest BCUT2D eigenvalue weighted by molar-refractivity contribution is -0.147. The molecule has 342 valence electrons. The van der Waals surface area contributed by atoms with Crippen LogP contribution in [0.5, 0.6) is 0 Å². The molecule has 61 heavy (non-hydrogen) atoms. The minimum absolute atomic E-state index is 0.0799. The summed E-state index contributed by atoms with van der Waals surface area (Å²) < 4.78 is 4.87. The number of rotatable bonds is 25. The van der Waals surface area contributed by atoms with E-state index in [9.17, 15) is 48.6 Å². The Kier molecular flexibility index (Phi) is 21.8. The van der Waals surface area contributed by atoms with Crippen LogP contribution in [0, 0.1) is 17.8 Å². The number of aliphatic hydroxyl groups excluding tert-OH is 2. The Morgan fingerprint density at radius 1 is 0.820 bits per heavy atom. The number of nitrogens with zero attached hydrogens (tertiary/aromatic N) is 1. The average Bonchev–Trinajstić information content (AvgIpc) is 3.67. The van der Waals surface area contributed by atoms with Gasteiger partial charge in [0.2, 0.25) is 41.4 Å². The zero-order valence-corrected chi connectivity index (χ0v) is 36.7. The second-order valence-electron chi connectivity index (χ2n) is 16.5. The fraction of sp³-hybridized carbons (Fsp3) is 0.667. The van der Waals surface area contributed by atoms with Gasteiger partial charge in [-0.1, -0.05) is 78.3 Å². The molecule has 19 heteroatoms. The van der Waals surface area contributed by atoms with Gasteiger partial charge in [0.25, 0.3) is 0 Å². The van der Waals surface area contributed by atoms with Crippen molar-refractivity contribution in [3.05, 3.63) is 35.9 Å². The van der Waals surface area contributed by atoms with Crippen LogP contribution in [-0.4, -0.2) is 138 Å². The van der Waals surface area contributed by atoms with E-state index >= 15 is 0 Å². The number of ether oxygens (including phenoxy) is 1. The number of primary amides is 1. The highest BCUT2D eigenvalue weighted by molar-refractivity contribution is 5.96. The van der Waals surface area contributed by atoms with Gasteiger partial charge in [0.05, 0.1) is 38.3 Å². The molecule has 19 nitrogen and oxygen atoms in total. The lowest BCUT2D eigenvalue weighted by Gasteiger charge is -2.33. The number of methoxy groups -OCH3 is 1. The molecule has 1 aromatic carbocycles. The summed E-state index contributed by atoms with van der Waals surface area (Å²) in [4.78, 5) is 106. The summed E-state index contributed by atoms with van der Waals surface area (Å²) in [7, 11) is 1.23. The van der Waals surface area contributed by atoms with Crippen molar-refractivity contribution in [2.45, 2.75) is 135 Å². The average molecular weight is 861 g/mol. The predicted octanol–water partition coefficient (Wildman–Crippen LogP) is -1.23. The first-order valence-electron chi connectivity index (χ1n) is 20.9. The van der Waals surface area contributed by atoms with E-state index in [0.717, 1.165) is 12.5 Å². The second kappa shape index (κ2) is 25.6. The van der Waals surface area contributed by atoms with Gasteiger partial charge < -0.3 is 52.6 Å². The van der Waals surface area contributed by atoms with Crippen molar-refractivity contribution in [3.63, 3.8) is 0 Å². The fourth-order valence-electron chi connectivity index (χ4n) is 7.06. The van der Waals surface area contributed by atoms with Gasteiger partial charge in [-0.3, -0.25) is 38.5 Å². The van der Waals surface area contributed by atoms with Crippen molar-refractivity contribution in [3.8, 4) is 0 Å². The number of β-amino-alcohol motifs (C(OH)–C–C–N with tert-alkyl or cyclic N) is 1. The molecule has 0 aromatic heterocycles. The van der Waals surface area contributed by atoms with Gasteiger partial charge in [0, 0.05) is 13.5 Å². The zero-order chi connectivity index (χ0) is 46.0. The molecule has 7 amide bonds. The molecular weight excluding hydrogens is 793 g/mol. The first-order valence-corrected chi connectivity index (χ1v) is 20.9. The minimum Gasteiger partial charge on any atom is -0.467 e. The molecule has 1 aromatic rings. The topological polar surface area (TPSA) is 288 Å². The molecule has 9 atom stereocenters. The van der Waals surface area contributed by atoms with Gasteiger partial charge in [-0.2, -0.15) is 0 Å². The molecule has 0 bridgehead atoms.